The van der Waals surface area contributed by atoms with E-state index in [-0.39, 0.29) is 18.0 Å². The largest absolute Gasteiger partial charge is 0.444 e. The quantitative estimate of drug-likeness (QED) is 0.566. The first kappa shape index (κ1) is 20.3. The molecule has 30 heavy (non-hydrogen) atoms. The number of carbonyl (C=O) groups excluding carboxylic acids is 2. The van der Waals surface area contributed by atoms with Crippen LogP contribution in [0.5, 0.6) is 0 Å². The molecule has 7 heteroatoms. The van der Waals surface area contributed by atoms with Gasteiger partial charge in [0.1, 0.15) is 11.3 Å². The van der Waals surface area contributed by atoms with Gasteiger partial charge >= 0.3 is 6.09 Å². The molecule has 1 aliphatic carbocycles. The smallest absolute Gasteiger partial charge is 0.408 e. The summed E-state index contributed by atoms with van der Waals surface area (Å²) in [6.07, 6.45) is 0.109. The zero-order valence-electron chi connectivity index (χ0n) is 17.1. The third-order valence-corrected chi connectivity index (χ3v) is 5.28. The number of rotatable bonds is 3. The summed E-state index contributed by atoms with van der Waals surface area (Å²) < 4.78 is 5.42. The molecule has 0 radical (unpaired) electrons. The minimum absolute atomic E-state index is 0.240. The van der Waals surface area contributed by atoms with Gasteiger partial charge in [-0.1, -0.05) is 35.9 Å². The van der Waals surface area contributed by atoms with Crippen LogP contribution in [0.2, 0.25) is 5.02 Å². The molecule has 3 aromatic rings. The Morgan fingerprint density at radius 1 is 1.10 bits per heavy atom. The fourth-order valence-corrected chi connectivity index (χ4v) is 3.99. The topological polar surface area (TPSA) is 83.2 Å². The van der Waals surface area contributed by atoms with Gasteiger partial charge in [-0.2, -0.15) is 0 Å². The van der Waals surface area contributed by atoms with Crippen molar-refractivity contribution in [2.75, 3.05) is 0 Å². The molecule has 0 aliphatic heterocycles. The van der Waals surface area contributed by atoms with E-state index >= 15 is 0 Å². The number of hydrogen-bond acceptors (Lipinski definition) is 3. The molecule has 3 N–H and O–H groups in total. The Bertz CT molecular complexity index is 1120. The van der Waals surface area contributed by atoms with Crippen molar-refractivity contribution in [3.8, 4) is 0 Å². The molecule has 1 heterocycles. The summed E-state index contributed by atoms with van der Waals surface area (Å²) in [5.41, 5.74) is 2.75. The number of ether oxygens (including phenoxy) is 1. The Morgan fingerprint density at radius 3 is 2.63 bits per heavy atom. The molecule has 2 aromatic carbocycles. The molecule has 0 fully saturated rings. The van der Waals surface area contributed by atoms with E-state index in [1.807, 2.05) is 57.2 Å². The van der Waals surface area contributed by atoms with E-state index in [0.717, 1.165) is 22.0 Å². The Kier molecular flexibility index (Phi) is 5.20. The summed E-state index contributed by atoms with van der Waals surface area (Å²) in [5, 5.41) is 7.47. The molecule has 0 saturated heterocycles. The van der Waals surface area contributed by atoms with Gasteiger partial charge in [0.25, 0.3) is 5.91 Å². The number of amides is 2. The molecule has 2 amide bonds. The Labute approximate surface area is 179 Å². The van der Waals surface area contributed by atoms with Crippen LogP contribution < -0.4 is 10.6 Å². The van der Waals surface area contributed by atoms with Crippen LogP contribution in [-0.2, 0) is 11.2 Å². The lowest BCUT2D eigenvalue weighted by Gasteiger charge is -2.25. The minimum atomic E-state index is -0.605. The number of benzene rings is 2. The van der Waals surface area contributed by atoms with Gasteiger partial charge in [-0.15, -0.1) is 0 Å². The molecule has 0 unspecified atom stereocenters. The molecular formula is C23H24ClN3O3. The molecule has 1 aromatic heterocycles. The predicted molar refractivity (Wildman–Crippen MR) is 117 cm³/mol. The van der Waals surface area contributed by atoms with Crippen LogP contribution in [0, 0.1) is 0 Å². The standard InChI is InChI=1S/C23H24ClN3O3/c1-23(2,3)30-22(29)27-20-16-7-5-4-6-13(16)11-18(20)26-21(28)19-12-14-10-15(24)8-9-17(14)25-19/h4-10,12,18,20,25H,11H2,1-3H3,(H,26,28)(H,27,29)/t18-,20-/m1/s1. The van der Waals surface area contributed by atoms with E-state index in [2.05, 4.69) is 15.6 Å². The minimum Gasteiger partial charge on any atom is -0.444 e. The fourth-order valence-electron chi connectivity index (χ4n) is 3.81. The second-order valence-electron chi connectivity index (χ2n) is 8.52. The van der Waals surface area contributed by atoms with Crippen molar-refractivity contribution >= 4 is 34.5 Å². The average Bonchev–Trinajstić information content (AvgIpc) is 3.22. The first-order valence-electron chi connectivity index (χ1n) is 9.86. The molecule has 0 saturated carbocycles. The number of fused-ring (bicyclic) bond motifs is 2. The van der Waals surface area contributed by atoms with Gasteiger partial charge < -0.3 is 20.4 Å². The van der Waals surface area contributed by atoms with Crippen molar-refractivity contribution in [2.45, 2.75) is 44.9 Å². The fraction of sp³-hybridized carbons (Fsp3) is 0.304. The third-order valence-electron chi connectivity index (χ3n) is 5.05. The van der Waals surface area contributed by atoms with Gasteiger partial charge in [-0.3, -0.25) is 4.79 Å². The molecule has 0 spiro atoms. The van der Waals surface area contributed by atoms with E-state index in [9.17, 15) is 9.59 Å². The van der Waals surface area contributed by atoms with Gasteiger partial charge in [0.05, 0.1) is 12.1 Å². The maximum Gasteiger partial charge on any atom is 0.408 e. The average molecular weight is 426 g/mol. The zero-order chi connectivity index (χ0) is 21.5. The lowest BCUT2D eigenvalue weighted by atomic mass is 10.1. The van der Waals surface area contributed by atoms with Crippen LogP contribution in [0.25, 0.3) is 10.9 Å². The van der Waals surface area contributed by atoms with Crippen molar-refractivity contribution in [1.82, 2.24) is 15.6 Å². The maximum atomic E-state index is 12.9. The molecule has 156 valence electrons. The summed E-state index contributed by atoms with van der Waals surface area (Å²) in [6, 6.07) is 14.4. The predicted octanol–water partition coefficient (Wildman–Crippen LogP) is 4.74. The number of nitrogens with one attached hydrogen (secondary N) is 3. The second-order valence-corrected chi connectivity index (χ2v) is 8.96. The van der Waals surface area contributed by atoms with Crippen molar-refractivity contribution in [1.29, 1.82) is 0 Å². The third kappa shape index (κ3) is 4.28. The molecule has 4 rings (SSSR count). The van der Waals surface area contributed by atoms with Crippen LogP contribution in [0.1, 0.15) is 48.4 Å². The normalized spacial score (nSPS) is 18.1. The summed E-state index contributed by atoms with van der Waals surface area (Å²) in [7, 11) is 0. The monoisotopic (exact) mass is 425 g/mol. The highest BCUT2D eigenvalue weighted by molar-refractivity contribution is 6.31. The molecule has 1 aliphatic rings. The van der Waals surface area contributed by atoms with Gasteiger partial charge in [0, 0.05) is 15.9 Å². The number of carbonyl (C=O) groups is 2. The highest BCUT2D eigenvalue weighted by atomic mass is 35.5. The van der Waals surface area contributed by atoms with Crippen LogP contribution in [-0.4, -0.2) is 28.6 Å². The lowest BCUT2D eigenvalue weighted by Crippen LogP contribution is -2.45. The van der Waals surface area contributed by atoms with E-state index in [1.165, 1.54) is 0 Å². The van der Waals surface area contributed by atoms with Crippen molar-refractivity contribution < 1.29 is 14.3 Å². The zero-order valence-corrected chi connectivity index (χ0v) is 17.8. The summed E-state index contributed by atoms with van der Waals surface area (Å²) in [5.74, 6) is -0.240. The molecule has 2 atom stereocenters. The van der Waals surface area contributed by atoms with Gasteiger partial charge in [0.15, 0.2) is 0 Å². The number of aromatic amines is 1. The number of H-pyrrole nitrogens is 1. The summed E-state index contributed by atoms with van der Waals surface area (Å²) >= 11 is 6.04. The first-order valence-corrected chi connectivity index (χ1v) is 10.2. The summed E-state index contributed by atoms with van der Waals surface area (Å²) in [6.45, 7) is 5.45. The molecule has 0 bridgehead atoms. The Hall–Kier alpha value is -2.99. The first-order chi connectivity index (χ1) is 14.2. The molecular weight excluding hydrogens is 402 g/mol. The maximum absolute atomic E-state index is 12.9. The van der Waals surface area contributed by atoms with E-state index in [4.69, 9.17) is 16.3 Å². The van der Waals surface area contributed by atoms with E-state index < -0.39 is 11.7 Å². The van der Waals surface area contributed by atoms with Gasteiger partial charge in [0.2, 0.25) is 0 Å². The van der Waals surface area contributed by atoms with Gasteiger partial charge in [-0.25, -0.2) is 4.79 Å². The Balaban J connectivity index is 1.55. The number of hydrogen-bond donors (Lipinski definition) is 3. The van der Waals surface area contributed by atoms with Crippen LogP contribution in [0.3, 0.4) is 0 Å². The number of aromatic nitrogens is 1. The van der Waals surface area contributed by atoms with Gasteiger partial charge in [-0.05, 0) is 62.6 Å². The van der Waals surface area contributed by atoms with E-state index in [0.29, 0.717) is 17.1 Å². The lowest BCUT2D eigenvalue weighted by molar-refractivity contribution is 0.0491. The SMILES string of the molecule is CC(C)(C)OC(=O)N[C@@H]1c2ccccc2C[C@H]1NC(=O)c1cc2cc(Cl)ccc2[nH]1. The highest BCUT2D eigenvalue weighted by Gasteiger charge is 2.35. The van der Waals surface area contributed by atoms with Crippen LogP contribution in [0.4, 0.5) is 4.79 Å². The summed E-state index contributed by atoms with van der Waals surface area (Å²) in [4.78, 5) is 28.5. The highest BCUT2D eigenvalue weighted by Crippen LogP contribution is 2.32. The molecule has 6 nitrogen and oxygen atoms in total. The number of alkyl carbamates (subject to hydrolysis) is 1. The van der Waals surface area contributed by atoms with E-state index in [1.54, 1.807) is 12.1 Å². The van der Waals surface area contributed by atoms with Crippen molar-refractivity contribution in [3.05, 3.63) is 70.4 Å². The second kappa shape index (κ2) is 7.69. The van der Waals surface area contributed by atoms with Crippen LogP contribution >= 0.6 is 11.6 Å². The van der Waals surface area contributed by atoms with Crippen LogP contribution in [0.15, 0.2) is 48.5 Å². The van der Waals surface area contributed by atoms with Crippen molar-refractivity contribution in [2.24, 2.45) is 0 Å². The van der Waals surface area contributed by atoms with Crippen molar-refractivity contribution in [3.63, 3.8) is 0 Å². The number of halogens is 1. The Morgan fingerprint density at radius 2 is 1.87 bits per heavy atom.